The number of rotatable bonds is 7. The van der Waals surface area contributed by atoms with Crippen LogP contribution in [0.2, 0.25) is 0 Å². The van der Waals surface area contributed by atoms with Gasteiger partial charge in [-0.1, -0.05) is 37.2 Å². The second-order valence-electron chi connectivity index (χ2n) is 6.70. The number of benzene rings is 1. The predicted octanol–water partition coefficient (Wildman–Crippen LogP) is 3.68. The molecule has 2 N–H and O–H groups in total. The lowest BCUT2D eigenvalue weighted by Gasteiger charge is -2.28. The number of methoxy groups -OCH3 is 2. The van der Waals surface area contributed by atoms with Crippen molar-refractivity contribution in [2.75, 3.05) is 25.3 Å². The smallest absolute Gasteiger partial charge is 0.336 e. The molecule has 0 saturated carbocycles. The molecule has 0 saturated heterocycles. The molecule has 3 rings (SSSR count). The Bertz CT molecular complexity index is 982. The zero-order valence-corrected chi connectivity index (χ0v) is 17.8. The number of ether oxygens (including phenoxy) is 2. The van der Waals surface area contributed by atoms with Crippen LogP contribution in [0.4, 0.5) is 5.82 Å². The zero-order valence-electron chi connectivity index (χ0n) is 17.0. The van der Waals surface area contributed by atoms with Crippen molar-refractivity contribution in [1.29, 1.82) is 0 Å². The summed E-state index contributed by atoms with van der Waals surface area (Å²) in [5.74, 6) is 0.969. The van der Waals surface area contributed by atoms with E-state index >= 15 is 0 Å². The van der Waals surface area contributed by atoms with E-state index in [1.165, 1.54) is 18.9 Å². The lowest BCUT2D eigenvalue weighted by atomic mass is 9.82. The molecule has 1 aliphatic rings. The van der Waals surface area contributed by atoms with Gasteiger partial charge >= 0.3 is 5.97 Å². The van der Waals surface area contributed by atoms with Crippen LogP contribution >= 0.6 is 11.8 Å². The molecule has 0 spiro atoms. The number of allylic oxidation sites excluding steroid dienone is 1. The van der Waals surface area contributed by atoms with Gasteiger partial charge in [0.1, 0.15) is 11.6 Å². The van der Waals surface area contributed by atoms with E-state index < -0.39 is 11.9 Å². The SMILES string of the molecule is CCCCSc1nc2c(c(=O)[nH]1)[C@@H](c1ccc(OC)cc1)C(C(=O)OC)=C(C)N2. The minimum atomic E-state index is -0.587. The van der Waals surface area contributed by atoms with E-state index in [1.54, 1.807) is 26.2 Å². The van der Waals surface area contributed by atoms with Crippen molar-refractivity contribution in [3.8, 4) is 5.75 Å². The number of aromatic nitrogens is 2. The van der Waals surface area contributed by atoms with Gasteiger partial charge in [0.25, 0.3) is 5.56 Å². The second-order valence-corrected chi connectivity index (χ2v) is 7.78. The molecule has 0 radical (unpaired) electrons. The number of thioether (sulfide) groups is 1. The largest absolute Gasteiger partial charge is 0.497 e. The Morgan fingerprint density at radius 3 is 2.59 bits per heavy atom. The number of carbonyl (C=O) groups excluding carboxylic acids is 1. The summed E-state index contributed by atoms with van der Waals surface area (Å²) in [5, 5.41) is 3.70. The van der Waals surface area contributed by atoms with Gasteiger partial charge < -0.3 is 19.8 Å². The van der Waals surface area contributed by atoms with Crippen molar-refractivity contribution in [3.05, 3.63) is 57.0 Å². The molecule has 0 bridgehead atoms. The fourth-order valence-electron chi connectivity index (χ4n) is 3.32. The molecule has 1 aromatic heterocycles. The summed E-state index contributed by atoms with van der Waals surface area (Å²) in [4.78, 5) is 33.1. The maximum atomic E-state index is 13.0. The molecule has 0 aliphatic carbocycles. The van der Waals surface area contributed by atoms with E-state index in [0.29, 0.717) is 33.6 Å². The highest BCUT2D eigenvalue weighted by Crippen LogP contribution is 2.40. The van der Waals surface area contributed by atoms with Crippen LogP contribution in [0.5, 0.6) is 5.75 Å². The van der Waals surface area contributed by atoms with Gasteiger partial charge in [0.05, 0.1) is 31.3 Å². The number of carbonyl (C=O) groups is 1. The third-order valence-electron chi connectivity index (χ3n) is 4.81. The Hall–Kier alpha value is -2.74. The average Bonchev–Trinajstić information content (AvgIpc) is 2.72. The van der Waals surface area contributed by atoms with E-state index in [0.717, 1.165) is 24.2 Å². The van der Waals surface area contributed by atoms with Crippen molar-refractivity contribution in [2.24, 2.45) is 0 Å². The number of unbranched alkanes of at least 4 members (excludes halogenated alkanes) is 1. The molecule has 1 atom stereocenters. The van der Waals surface area contributed by atoms with Gasteiger partial charge in [-0.25, -0.2) is 9.78 Å². The molecule has 29 heavy (non-hydrogen) atoms. The fraction of sp³-hybridized carbons (Fsp3) is 0.381. The maximum Gasteiger partial charge on any atom is 0.336 e. The van der Waals surface area contributed by atoms with Crippen molar-refractivity contribution in [3.63, 3.8) is 0 Å². The first-order valence-electron chi connectivity index (χ1n) is 9.47. The summed E-state index contributed by atoms with van der Waals surface area (Å²) in [6.07, 6.45) is 2.11. The minimum Gasteiger partial charge on any atom is -0.497 e. The Morgan fingerprint density at radius 2 is 1.97 bits per heavy atom. The number of aromatic amines is 1. The molecule has 8 heteroatoms. The summed E-state index contributed by atoms with van der Waals surface area (Å²) in [7, 11) is 2.92. The van der Waals surface area contributed by atoms with Gasteiger partial charge in [-0.2, -0.15) is 0 Å². The van der Waals surface area contributed by atoms with E-state index in [4.69, 9.17) is 9.47 Å². The van der Waals surface area contributed by atoms with Crippen LogP contribution in [0.25, 0.3) is 0 Å². The molecule has 2 aromatic rings. The van der Waals surface area contributed by atoms with E-state index in [9.17, 15) is 9.59 Å². The van der Waals surface area contributed by atoms with Crippen molar-refractivity contribution < 1.29 is 14.3 Å². The molecule has 154 valence electrons. The molecule has 0 amide bonds. The Labute approximate surface area is 173 Å². The van der Waals surface area contributed by atoms with Crippen molar-refractivity contribution in [2.45, 2.75) is 37.8 Å². The van der Waals surface area contributed by atoms with Crippen LogP contribution in [0.1, 0.15) is 43.7 Å². The van der Waals surface area contributed by atoms with Crippen LogP contribution in [0.3, 0.4) is 0 Å². The quantitative estimate of drug-likeness (QED) is 0.308. The van der Waals surface area contributed by atoms with E-state index in [2.05, 4.69) is 22.2 Å². The van der Waals surface area contributed by atoms with Crippen LogP contribution in [-0.2, 0) is 9.53 Å². The number of esters is 1. The molecule has 1 aliphatic heterocycles. The number of hydrogen-bond donors (Lipinski definition) is 2. The summed E-state index contributed by atoms with van der Waals surface area (Å²) in [5.41, 5.74) is 1.93. The first-order chi connectivity index (χ1) is 14.0. The highest BCUT2D eigenvalue weighted by molar-refractivity contribution is 7.99. The van der Waals surface area contributed by atoms with Crippen LogP contribution in [-0.4, -0.2) is 35.9 Å². The van der Waals surface area contributed by atoms with Gasteiger partial charge in [-0.15, -0.1) is 0 Å². The van der Waals surface area contributed by atoms with Crippen molar-refractivity contribution in [1.82, 2.24) is 9.97 Å². The fourth-order valence-corrected chi connectivity index (χ4v) is 4.27. The third-order valence-corrected chi connectivity index (χ3v) is 5.77. The standard InChI is InChI=1S/C21H25N3O4S/c1-5-6-11-29-21-23-18-17(19(25)24-21)16(13-7-9-14(27-3)10-8-13)15(12(2)22-18)20(26)28-4/h7-10,16H,5-6,11H2,1-4H3,(H2,22,23,24,25)/t16-/m0/s1. The van der Waals surface area contributed by atoms with Gasteiger partial charge in [0.2, 0.25) is 0 Å². The molecule has 0 fully saturated rings. The monoisotopic (exact) mass is 415 g/mol. The maximum absolute atomic E-state index is 13.0. The molecular formula is C21H25N3O4S. The van der Waals surface area contributed by atoms with Gasteiger partial charge in [0.15, 0.2) is 5.16 Å². The number of nitrogens with zero attached hydrogens (tertiary/aromatic N) is 1. The Kier molecular flexibility index (Phi) is 6.64. The van der Waals surface area contributed by atoms with Crippen molar-refractivity contribution >= 4 is 23.5 Å². The zero-order chi connectivity index (χ0) is 21.0. The first kappa shape index (κ1) is 21.0. The second kappa shape index (κ2) is 9.17. The number of H-pyrrole nitrogens is 1. The summed E-state index contributed by atoms with van der Waals surface area (Å²) >= 11 is 1.52. The minimum absolute atomic E-state index is 0.267. The van der Waals surface area contributed by atoms with E-state index in [1.807, 2.05) is 12.1 Å². The molecule has 0 unspecified atom stereocenters. The Balaban J connectivity index is 2.12. The normalized spacial score (nSPS) is 15.5. The summed E-state index contributed by atoms with van der Waals surface area (Å²) < 4.78 is 10.2. The lowest BCUT2D eigenvalue weighted by Crippen LogP contribution is -2.31. The number of nitrogens with one attached hydrogen (secondary N) is 2. The van der Waals surface area contributed by atoms with Crippen LogP contribution < -0.4 is 15.6 Å². The number of hydrogen-bond acceptors (Lipinski definition) is 7. The first-order valence-corrected chi connectivity index (χ1v) is 10.5. The molecule has 7 nitrogen and oxygen atoms in total. The highest BCUT2D eigenvalue weighted by Gasteiger charge is 2.36. The molecular weight excluding hydrogens is 390 g/mol. The Morgan fingerprint density at radius 1 is 1.24 bits per heavy atom. The summed E-state index contributed by atoms with van der Waals surface area (Å²) in [6, 6.07) is 7.30. The molecule has 1 aromatic carbocycles. The third kappa shape index (κ3) is 4.32. The van der Waals surface area contributed by atoms with Gasteiger partial charge in [-0.3, -0.25) is 4.79 Å². The molecule has 2 heterocycles. The predicted molar refractivity (Wildman–Crippen MR) is 114 cm³/mol. The van der Waals surface area contributed by atoms with Gasteiger partial charge in [-0.05, 0) is 31.0 Å². The van der Waals surface area contributed by atoms with Crippen LogP contribution in [0.15, 0.2) is 45.5 Å². The van der Waals surface area contributed by atoms with Gasteiger partial charge in [0, 0.05) is 11.4 Å². The number of anilines is 1. The van der Waals surface area contributed by atoms with E-state index in [-0.39, 0.29) is 5.56 Å². The van der Waals surface area contributed by atoms with Crippen LogP contribution in [0, 0.1) is 0 Å². The number of fused-ring (bicyclic) bond motifs is 1. The average molecular weight is 416 g/mol. The highest BCUT2D eigenvalue weighted by atomic mass is 32.2. The topological polar surface area (TPSA) is 93.3 Å². The summed E-state index contributed by atoms with van der Waals surface area (Å²) in [6.45, 7) is 3.91. The lowest BCUT2D eigenvalue weighted by molar-refractivity contribution is -0.136.